The summed E-state index contributed by atoms with van der Waals surface area (Å²) in [5.41, 5.74) is 0. The highest BCUT2D eigenvalue weighted by Gasteiger charge is 2.36. The molecule has 4 atom stereocenters. The zero-order valence-electron chi connectivity index (χ0n) is 13.4. The van der Waals surface area contributed by atoms with Gasteiger partial charge in [0.25, 0.3) is 0 Å². The van der Waals surface area contributed by atoms with Gasteiger partial charge in [-0.2, -0.15) is 0 Å². The molecule has 1 saturated carbocycles. The highest BCUT2D eigenvalue weighted by atomic mass is 16.3. The number of nitrogens with zero attached hydrogens (tertiary/aromatic N) is 1. The Morgan fingerprint density at radius 2 is 2.18 bits per heavy atom. The lowest BCUT2D eigenvalue weighted by Crippen LogP contribution is -2.45. The Labute approximate surface area is 131 Å². The van der Waals surface area contributed by atoms with Gasteiger partial charge in [-0.1, -0.05) is 6.92 Å². The van der Waals surface area contributed by atoms with Crippen molar-refractivity contribution in [2.24, 2.45) is 11.8 Å². The van der Waals surface area contributed by atoms with Gasteiger partial charge in [0.05, 0.1) is 0 Å². The van der Waals surface area contributed by atoms with E-state index in [1.54, 1.807) is 12.2 Å². The van der Waals surface area contributed by atoms with Crippen molar-refractivity contribution in [1.82, 2.24) is 4.90 Å². The van der Waals surface area contributed by atoms with Crippen molar-refractivity contribution in [3.8, 4) is 0 Å². The molecule has 0 aromatic carbocycles. The zero-order valence-corrected chi connectivity index (χ0v) is 13.4. The van der Waals surface area contributed by atoms with Crippen molar-refractivity contribution in [3.63, 3.8) is 0 Å². The summed E-state index contributed by atoms with van der Waals surface area (Å²) in [4.78, 5) is 14.2. The summed E-state index contributed by atoms with van der Waals surface area (Å²) in [5, 5.41) is 9.30. The highest BCUT2D eigenvalue weighted by Crippen LogP contribution is 2.47. The predicted octanol–water partition coefficient (Wildman–Crippen LogP) is 3.04. The quantitative estimate of drug-likeness (QED) is 0.870. The standard InChI is InChI=1S/C18H25NO3/c1-12-9-16(12)17-7-5-15(22-17)6-8-18(21)19-10-14(11-20)4-3-13(19)2/h5-8,12-14,16,20H,3-4,9-11H2,1-2H3/b8-6+. The fourth-order valence-electron chi connectivity index (χ4n) is 3.26. The minimum absolute atomic E-state index is 0.00314. The maximum Gasteiger partial charge on any atom is 0.246 e. The number of likely N-dealkylation sites (tertiary alicyclic amines) is 1. The second kappa shape index (κ2) is 6.29. The van der Waals surface area contributed by atoms with Crippen LogP contribution in [0.1, 0.15) is 50.5 Å². The van der Waals surface area contributed by atoms with Crippen molar-refractivity contribution >= 4 is 12.0 Å². The van der Waals surface area contributed by atoms with Gasteiger partial charge >= 0.3 is 0 Å². The third kappa shape index (κ3) is 3.27. The van der Waals surface area contributed by atoms with E-state index in [1.807, 2.05) is 17.0 Å². The summed E-state index contributed by atoms with van der Waals surface area (Å²) in [6.07, 6.45) is 6.49. The van der Waals surface area contributed by atoms with E-state index < -0.39 is 0 Å². The summed E-state index contributed by atoms with van der Waals surface area (Å²) < 4.78 is 5.79. The normalized spacial score (nSPS) is 31.7. The van der Waals surface area contributed by atoms with Gasteiger partial charge in [0, 0.05) is 31.2 Å². The van der Waals surface area contributed by atoms with Gasteiger partial charge in [-0.05, 0) is 56.2 Å². The Kier molecular flexibility index (Phi) is 4.39. The van der Waals surface area contributed by atoms with Gasteiger partial charge < -0.3 is 14.4 Å². The van der Waals surface area contributed by atoms with E-state index in [0.717, 1.165) is 24.4 Å². The molecular weight excluding hydrogens is 278 g/mol. The van der Waals surface area contributed by atoms with Crippen LogP contribution in [0.2, 0.25) is 0 Å². The second-order valence-electron chi connectivity index (χ2n) is 6.86. The van der Waals surface area contributed by atoms with Gasteiger partial charge in [0.1, 0.15) is 11.5 Å². The minimum atomic E-state index is 0.00314. The molecular formula is C18H25NO3. The molecule has 1 saturated heterocycles. The Morgan fingerprint density at radius 3 is 2.86 bits per heavy atom. The molecule has 1 aromatic heterocycles. The fraction of sp³-hybridized carbons (Fsp3) is 0.611. The Hall–Kier alpha value is -1.55. The number of carbonyl (C=O) groups is 1. The smallest absolute Gasteiger partial charge is 0.246 e. The molecule has 1 aromatic rings. The van der Waals surface area contributed by atoms with Crippen LogP contribution in [0.4, 0.5) is 0 Å². The maximum atomic E-state index is 12.4. The molecule has 1 aliphatic heterocycles. The number of amides is 1. The lowest BCUT2D eigenvalue weighted by Gasteiger charge is -2.36. The van der Waals surface area contributed by atoms with Crippen LogP contribution in [0.25, 0.3) is 6.08 Å². The number of aliphatic hydroxyl groups excluding tert-OH is 1. The van der Waals surface area contributed by atoms with E-state index in [2.05, 4.69) is 13.8 Å². The number of furan rings is 1. The minimum Gasteiger partial charge on any atom is -0.461 e. The summed E-state index contributed by atoms with van der Waals surface area (Å²) in [7, 11) is 0. The number of rotatable bonds is 4. The molecule has 0 bridgehead atoms. The molecule has 2 heterocycles. The molecule has 0 radical (unpaired) electrons. The SMILES string of the molecule is CC1CC1c1ccc(/C=C/C(=O)N2CC(CO)CCC2C)o1. The molecule has 22 heavy (non-hydrogen) atoms. The van der Waals surface area contributed by atoms with E-state index >= 15 is 0 Å². The first-order valence-electron chi connectivity index (χ1n) is 8.27. The molecule has 4 nitrogen and oxygen atoms in total. The fourth-order valence-corrected chi connectivity index (χ4v) is 3.26. The predicted molar refractivity (Wildman–Crippen MR) is 85.2 cm³/mol. The summed E-state index contributed by atoms with van der Waals surface area (Å²) in [6, 6.07) is 4.18. The number of aliphatic hydroxyl groups is 1. The lowest BCUT2D eigenvalue weighted by atomic mass is 9.94. The monoisotopic (exact) mass is 303 g/mol. The van der Waals surface area contributed by atoms with Crippen LogP contribution in [-0.4, -0.2) is 35.1 Å². The number of hydrogen-bond donors (Lipinski definition) is 1. The average molecular weight is 303 g/mol. The van der Waals surface area contributed by atoms with Gasteiger partial charge in [-0.15, -0.1) is 0 Å². The largest absolute Gasteiger partial charge is 0.461 e. The Balaban J connectivity index is 1.61. The van der Waals surface area contributed by atoms with Crippen LogP contribution in [-0.2, 0) is 4.79 Å². The third-order valence-corrected chi connectivity index (χ3v) is 5.03. The van der Waals surface area contributed by atoms with Crippen molar-refractivity contribution in [3.05, 3.63) is 29.7 Å². The molecule has 4 unspecified atom stereocenters. The molecule has 1 aliphatic carbocycles. The first-order chi connectivity index (χ1) is 10.6. The summed E-state index contributed by atoms with van der Waals surface area (Å²) in [6.45, 7) is 5.09. The molecule has 2 aliphatic rings. The average Bonchev–Trinajstić information content (AvgIpc) is 3.07. The van der Waals surface area contributed by atoms with Gasteiger partial charge in [-0.3, -0.25) is 4.79 Å². The molecule has 3 rings (SSSR count). The molecule has 120 valence electrons. The molecule has 0 spiro atoms. The van der Waals surface area contributed by atoms with E-state index in [0.29, 0.717) is 18.4 Å². The van der Waals surface area contributed by atoms with Crippen molar-refractivity contribution < 1.29 is 14.3 Å². The number of carbonyl (C=O) groups excluding carboxylic acids is 1. The van der Waals surface area contributed by atoms with Crippen molar-refractivity contribution in [2.75, 3.05) is 13.2 Å². The maximum absolute atomic E-state index is 12.4. The number of piperidine rings is 1. The zero-order chi connectivity index (χ0) is 15.7. The van der Waals surface area contributed by atoms with Gasteiger partial charge in [0.2, 0.25) is 5.91 Å². The van der Waals surface area contributed by atoms with Crippen LogP contribution >= 0.6 is 0 Å². The molecule has 4 heteroatoms. The van der Waals surface area contributed by atoms with Crippen LogP contribution < -0.4 is 0 Å². The molecule has 1 amide bonds. The highest BCUT2D eigenvalue weighted by molar-refractivity contribution is 5.91. The van der Waals surface area contributed by atoms with Gasteiger partial charge in [0.15, 0.2) is 0 Å². The summed E-state index contributed by atoms with van der Waals surface area (Å²) in [5.74, 6) is 3.26. The lowest BCUT2D eigenvalue weighted by molar-refractivity contribution is -0.130. The van der Waals surface area contributed by atoms with E-state index in [4.69, 9.17) is 4.42 Å². The van der Waals surface area contributed by atoms with Gasteiger partial charge in [-0.25, -0.2) is 0 Å². The van der Waals surface area contributed by atoms with E-state index in [1.165, 1.54) is 6.42 Å². The molecule has 1 N–H and O–H groups in total. The van der Waals surface area contributed by atoms with Crippen LogP contribution in [0.15, 0.2) is 22.6 Å². The Bertz CT molecular complexity index is 562. The second-order valence-corrected chi connectivity index (χ2v) is 6.86. The van der Waals surface area contributed by atoms with Crippen LogP contribution in [0.5, 0.6) is 0 Å². The summed E-state index contributed by atoms with van der Waals surface area (Å²) >= 11 is 0. The third-order valence-electron chi connectivity index (χ3n) is 5.03. The van der Waals surface area contributed by atoms with Crippen molar-refractivity contribution in [2.45, 2.75) is 45.1 Å². The van der Waals surface area contributed by atoms with Crippen LogP contribution in [0.3, 0.4) is 0 Å². The first kappa shape index (κ1) is 15.3. The first-order valence-corrected chi connectivity index (χ1v) is 8.27. The topological polar surface area (TPSA) is 53.7 Å². The van der Waals surface area contributed by atoms with Crippen LogP contribution in [0, 0.1) is 11.8 Å². The number of hydrogen-bond acceptors (Lipinski definition) is 3. The van der Waals surface area contributed by atoms with E-state index in [9.17, 15) is 9.90 Å². The Morgan fingerprint density at radius 1 is 1.41 bits per heavy atom. The molecule has 2 fully saturated rings. The van der Waals surface area contributed by atoms with E-state index in [-0.39, 0.29) is 24.5 Å². The van der Waals surface area contributed by atoms with Crippen molar-refractivity contribution in [1.29, 1.82) is 0 Å².